The molecule has 1 unspecified atom stereocenters. The van der Waals surface area contributed by atoms with Crippen molar-refractivity contribution in [3.8, 4) is 0 Å². The first-order valence-electron chi connectivity index (χ1n) is 7.29. The zero-order valence-corrected chi connectivity index (χ0v) is 12.4. The lowest BCUT2D eigenvalue weighted by atomic mass is 9.90. The maximum absolute atomic E-state index is 12.8. The summed E-state index contributed by atoms with van der Waals surface area (Å²) in [4.78, 5) is 12.8. The lowest BCUT2D eigenvalue weighted by Crippen LogP contribution is -2.07. The van der Waals surface area contributed by atoms with E-state index in [0.717, 1.165) is 35.1 Å². The summed E-state index contributed by atoms with van der Waals surface area (Å²) in [6.07, 6.45) is 8.43. The molecule has 20 heavy (non-hydrogen) atoms. The Morgan fingerprint density at radius 1 is 1.20 bits per heavy atom. The molecule has 0 saturated carbocycles. The summed E-state index contributed by atoms with van der Waals surface area (Å²) >= 11 is 0. The van der Waals surface area contributed by atoms with Gasteiger partial charge in [0.2, 0.25) is 0 Å². The number of Topliss-reactive ketones (excluding diaryl/α,β-unsaturated/α-hetero) is 1. The molecule has 0 N–H and O–H groups in total. The molecule has 0 aliphatic heterocycles. The average molecular weight is 264 g/mol. The highest BCUT2D eigenvalue weighted by Crippen LogP contribution is 2.37. The van der Waals surface area contributed by atoms with Crippen LogP contribution in [0, 0.1) is 19.8 Å². The van der Waals surface area contributed by atoms with E-state index in [1.54, 1.807) is 0 Å². The Hall–Kier alpha value is -1.89. The summed E-state index contributed by atoms with van der Waals surface area (Å²) < 4.78 is 0. The van der Waals surface area contributed by atoms with E-state index in [1.807, 2.05) is 32.0 Å². The Labute approximate surface area is 120 Å². The molecule has 1 atom stereocenters. The summed E-state index contributed by atoms with van der Waals surface area (Å²) in [5.74, 6) is 0.744. The predicted molar refractivity (Wildman–Crippen MR) is 82.9 cm³/mol. The second-order valence-electron chi connectivity index (χ2n) is 5.96. The topological polar surface area (TPSA) is 17.1 Å². The number of hydrogen-bond donors (Lipinski definition) is 0. The Bertz CT molecular complexity index is 651. The van der Waals surface area contributed by atoms with E-state index in [9.17, 15) is 4.79 Å². The first-order chi connectivity index (χ1) is 9.58. The molecular weight excluding hydrogens is 244 g/mol. The lowest BCUT2D eigenvalue weighted by molar-refractivity contribution is 0.103. The molecule has 2 aliphatic carbocycles. The quantitative estimate of drug-likeness (QED) is 0.707. The molecule has 0 fully saturated rings. The standard InChI is InChI=1S/C19H20O/c1-12-6-5-9-15-10-16(11-17(12)15)19(20)18-13(2)7-4-8-14(18)3/h4-5,7-9,11-12H,6,10H2,1-3H3. The SMILES string of the molecule is Cc1cccc(C)c1C(=O)C1=CC2=C(C=CCC2C)C1. The maximum Gasteiger partial charge on any atom is 0.189 e. The Morgan fingerprint density at radius 2 is 1.90 bits per heavy atom. The van der Waals surface area contributed by atoms with Gasteiger partial charge in [-0.15, -0.1) is 0 Å². The van der Waals surface area contributed by atoms with Gasteiger partial charge in [0.25, 0.3) is 0 Å². The number of ketones is 1. The fourth-order valence-electron chi connectivity index (χ4n) is 3.27. The van der Waals surface area contributed by atoms with Crippen LogP contribution in [0.5, 0.6) is 0 Å². The smallest absolute Gasteiger partial charge is 0.189 e. The van der Waals surface area contributed by atoms with Crippen LogP contribution in [-0.2, 0) is 0 Å². The van der Waals surface area contributed by atoms with Gasteiger partial charge in [0.05, 0.1) is 0 Å². The highest BCUT2D eigenvalue weighted by Gasteiger charge is 2.26. The van der Waals surface area contributed by atoms with Crippen molar-refractivity contribution in [2.45, 2.75) is 33.6 Å². The van der Waals surface area contributed by atoms with Crippen LogP contribution >= 0.6 is 0 Å². The van der Waals surface area contributed by atoms with E-state index < -0.39 is 0 Å². The third-order valence-corrected chi connectivity index (χ3v) is 4.42. The number of carbonyl (C=O) groups excluding carboxylic acids is 1. The van der Waals surface area contributed by atoms with Gasteiger partial charge in [-0.05, 0) is 48.5 Å². The molecule has 3 rings (SSSR count). The Balaban J connectivity index is 1.95. The Morgan fingerprint density at radius 3 is 2.55 bits per heavy atom. The van der Waals surface area contributed by atoms with Crippen LogP contribution in [0.1, 0.15) is 41.3 Å². The van der Waals surface area contributed by atoms with Crippen LogP contribution in [0.15, 0.2) is 53.1 Å². The van der Waals surface area contributed by atoms with Crippen molar-refractivity contribution < 1.29 is 4.79 Å². The third kappa shape index (κ3) is 2.07. The number of rotatable bonds is 2. The van der Waals surface area contributed by atoms with Gasteiger partial charge in [0.1, 0.15) is 0 Å². The van der Waals surface area contributed by atoms with Crippen molar-refractivity contribution in [1.82, 2.24) is 0 Å². The van der Waals surface area contributed by atoms with E-state index >= 15 is 0 Å². The molecule has 2 aliphatic rings. The lowest BCUT2D eigenvalue weighted by Gasteiger charge is -2.14. The van der Waals surface area contributed by atoms with Crippen molar-refractivity contribution in [3.63, 3.8) is 0 Å². The largest absolute Gasteiger partial charge is 0.289 e. The number of hydrogen-bond acceptors (Lipinski definition) is 1. The number of carbonyl (C=O) groups is 1. The highest BCUT2D eigenvalue weighted by molar-refractivity contribution is 6.11. The minimum atomic E-state index is 0.204. The molecular formula is C19H20O. The average Bonchev–Trinajstić information content (AvgIpc) is 2.84. The molecule has 0 saturated heterocycles. The molecule has 0 aromatic heterocycles. The second kappa shape index (κ2) is 4.90. The summed E-state index contributed by atoms with van der Waals surface area (Å²) in [7, 11) is 0. The fourth-order valence-corrected chi connectivity index (χ4v) is 3.27. The molecule has 0 amide bonds. The van der Waals surface area contributed by atoms with Gasteiger partial charge in [0, 0.05) is 17.6 Å². The molecule has 1 nitrogen and oxygen atoms in total. The summed E-state index contributed by atoms with van der Waals surface area (Å²) in [5, 5.41) is 0. The zero-order valence-electron chi connectivity index (χ0n) is 12.4. The molecule has 1 aromatic carbocycles. The van der Waals surface area contributed by atoms with Crippen LogP contribution in [0.2, 0.25) is 0 Å². The van der Waals surface area contributed by atoms with Crippen molar-refractivity contribution in [2.24, 2.45) is 5.92 Å². The monoisotopic (exact) mass is 264 g/mol. The first-order valence-corrected chi connectivity index (χ1v) is 7.29. The van der Waals surface area contributed by atoms with E-state index in [1.165, 1.54) is 11.1 Å². The minimum absolute atomic E-state index is 0.204. The zero-order chi connectivity index (χ0) is 14.3. The van der Waals surface area contributed by atoms with Crippen molar-refractivity contribution in [1.29, 1.82) is 0 Å². The molecule has 1 aromatic rings. The summed E-state index contributed by atoms with van der Waals surface area (Å²) in [6.45, 7) is 6.28. The number of benzene rings is 1. The second-order valence-corrected chi connectivity index (χ2v) is 5.96. The molecule has 0 radical (unpaired) electrons. The van der Waals surface area contributed by atoms with Gasteiger partial charge >= 0.3 is 0 Å². The fraction of sp³-hybridized carbons (Fsp3) is 0.316. The Kier molecular flexibility index (Phi) is 3.21. The van der Waals surface area contributed by atoms with E-state index in [-0.39, 0.29) is 5.78 Å². The van der Waals surface area contributed by atoms with Gasteiger partial charge in [0.15, 0.2) is 5.78 Å². The van der Waals surface area contributed by atoms with Crippen LogP contribution in [-0.4, -0.2) is 5.78 Å². The van der Waals surface area contributed by atoms with Crippen LogP contribution in [0.3, 0.4) is 0 Å². The summed E-state index contributed by atoms with van der Waals surface area (Å²) in [5.41, 5.74) is 6.68. The van der Waals surface area contributed by atoms with E-state index in [2.05, 4.69) is 25.2 Å². The van der Waals surface area contributed by atoms with Gasteiger partial charge in [-0.25, -0.2) is 0 Å². The maximum atomic E-state index is 12.8. The number of allylic oxidation sites excluding steroid dienone is 6. The van der Waals surface area contributed by atoms with E-state index in [4.69, 9.17) is 0 Å². The van der Waals surface area contributed by atoms with Crippen molar-refractivity contribution >= 4 is 5.78 Å². The molecule has 102 valence electrons. The van der Waals surface area contributed by atoms with E-state index in [0.29, 0.717) is 5.92 Å². The van der Waals surface area contributed by atoms with Gasteiger partial charge in [-0.2, -0.15) is 0 Å². The van der Waals surface area contributed by atoms with Crippen molar-refractivity contribution in [2.75, 3.05) is 0 Å². The molecule has 1 heteroatoms. The normalized spacial score (nSPS) is 20.9. The summed E-state index contributed by atoms with van der Waals surface area (Å²) in [6, 6.07) is 6.05. The number of aryl methyl sites for hydroxylation is 2. The third-order valence-electron chi connectivity index (χ3n) is 4.42. The van der Waals surface area contributed by atoms with Crippen molar-refractivity contribution in [3.05, 3.63) is 69.8 Å². The van der Waals surface area contributed by atoms with Crippen LogP contribution in [0.4, 0.5) is 0 Å². The molecule has 0 spiro atoms. The predicted octanol–water partition coefficient (Wildman–Crippen LogP) is 4.71. The molecule has 0 heterocycles. The molecule has 0 bridgehead atoms. The highest BCUT2D eigenvalue weighted by atomic mass is 16.1. The van der Waals surface area contributed by atoms with Crippen LogP contribution < -0.4 is 0 Å². The van der Waals surface area contributed by atoms with Crippen LogP contribution in [0.25, 0.3) is 0 Å². The van der Waals surface area contributed by atoms with Gasteiger partial charge < -0.3 is 0 Å². The first kappa shape index (κ1) is 13.1. The van der Waals surface area contributed by atoms with Gasteiger partial charge in [-0.3, -0.25) is 4.79 Å². The minimum Gasteiger partial charge on any atom is -0.289 e. The van der Waals surface area contributed by atoms with Gasteiger partial charge in [-0.1, -0.05) is 43.4 Å².